The molecule has 0 bridgehead atoms. The van der Waals surface area contributed by atoms with E-state index >= 15 is 0 Å². The van der Waals surface area contributed by atoms with Crippen LogP contribution in [0.25, 0.3) is 0 Å². The highest BCUT2D eigenvalue weighted by molar-refractivity contribution is 7.10. The van der Waals surface area contributed by atoms with Gasteiger partial charge < -0.3 is 0 Å². The van der Waals surface area contributed by atoms with E-state index in [2.05, 4.69) is 17.5 Å². The summed E-state index contributed by atoms with van der Waals surface area (Å²) < 4.78 is 0. The van der Waals surface area contributed by atoms with Gasteiger partial charge in [0.2, 0.25) is 0 Å². The normalized spacial score (nSPS) is 22.9. The second-order valence-corrected chi connectivity index (χ2v) is 6.33. The number of urea groups is 1. The fraction of sp³-hybridized carbons (Fsp3) is 0.400. The van der Waals surface area contributed by atoms with Crippen LogP contribution in [0, 0.1) is 0 Å². The number of rotatable bonds is 5. The second kappa shape index (κ2) is 6.02. The summed E-state index contributed by atoms with van der Waals surface area (Å²) in [5, 5.41) is 2.02. The summed E-state index contributed by atoms with van der Waals surface area (Å²) in [5.41, 5.74) is 0. The Balaban J connectivity index is 1.75. The van der Waals surface area contributed by atoms with Gasteiger partial charge in [-0.1, -0.05) is 12.1 Å². The molecule has 2 fully saturated rings. The predicted octanol–water partition coefficient (Wildman–Crippen LogP) is 1.82. The van der Waals surface area contributed by atoms with Gasteiger partial charge in [-0.15, -0.1) is 17.9 Å². The number of thiophene rings is 1. The van der Waals surface area contributed by atoms with E-state index in [1.54, 1.807) is 11.3 Å². The molecule has 1 aromatic heterocycles. The van der Waals surface area contributed by atoms with Crippen LogP contribution in [0.2, 0.25) is 0 Å². The molecule has 2 saturated heterocycles. The highest BCUT2D eigenvalue weighted by Crippen LogP contribution is 2.34. The molecule has 0 radical (unpaired) electrons. The minimum atomic E-state index is -0.767. The molecule has 0 aliphatic carbocycles. The van der Waals surface area contributed by atoms with Gasteiger partial charge >= 0.3 is 17.8 Å². The van der Waals surface area contributed by atoms with Crippen molar-refractivity contribution in [1.29, 1.82) is 0 Å². The van der Waals surface area contributed by atoms with Crippen molar-refractivity contribution in [2.75, 3.05) is 19.8 Å². The third-order valence-corrected chi connectivity index (χ3v) is 4.98. The molecule has 4 amide bonds. The number of carbonyl (C=O) groups is 3. The van der Waals surface area contributed by atoms with Gasteiger partial charge in [-0.25, -0.2) is 9.69 Å². The zero-order valence-corrected chi connectivity index (χ0v) is 12.9. The molecule has 3 rings (SSSR count). The van der Waals surface area contributed by atoms with Crippen molar-refractivity contribution in [3.05, 3.63) is 35.0 Å². The maximum Gasteiger partial charge on any atom is 0.335 e. The lowest BCUT2D eigenvalue weighted by molar-refractivity contribution is -0.143. The first kappa shape index (κ1) is 14.9. The number of hydrogen-bond donors (Lipinski definition) is 0. The van der Waals surface area contributed by atoms with Crippen LogP contribution in [0.5, 0.6) is 0 Å². The first-order valence-electron chi connectivity index (χ1n) is 7.19. The van der Waals surface area contributed by atoms with Gasteiger partial charge in [-0.05, 0) is 24.3 Å². The molecular formula is C15H17N3O3S. The van der Waals surface area contributed by atoms with E-state index in [-0.39, 0.29) is 19.3 Å². The standard InChI is InChI=1S/C15H17N3O3S/c1-2-7-17-13(19)14(20)18(15(17)21)10-16-8-3-5-11(16)12-6-4-9-22-12/h2,4,6,9,11H,1,3,5,7-8,10H2/t11-/m0/s1. The van der Waals surface area contributed by atoms with E-state index in [9.17, 15) is 14.4 Å². The second-order valence-electron chi connectivity index (χ2n) is 5.35. The van der Waals surface area contributed by atoms with Crippen molar-refractivity contribution < 1.29 is 14.4 Å². The Kier molecular flexibility index (Phi) is 4.08. The molecule has 0 unspecified atom stereocenters. The molecule has 0 saturated carbocycles. The predicted molar refractivity (Wildman–Crippen MR) is 82.0 cm³/mol. The van der Waals surface area contributed by atoms with Gasteiger partial charge in [0.25, 0.3) is 0 Å². The Morgan fingerprint density at radius 2 is 2.05 bits per heavy atom. The lowest BCUT2D eigenvalue weighted by Crippen LogP contribution is -2.42. The summed E-state index contributed by atoms with van der Waals surface area (Å²) in [4.78, 5) is 41.4. The van der Waals surface area contributed by atoms with Gasteiger partial charge in [0.1, 0.15) is 0 Å². The Bertz CT molecular complexity index is 614. The number of nitrogens with zero attached hydrogens (tertiary/aromatic N) is 3. The molecular weight excluding hydrogens is 302 g/mol. The molecule has 3 heterocycles. The van der Waals surface area contributed by atoms with E-state index in [1.165, 1.54) is 11.0 Å². The summed E-state index contributed by atoms with van der Waals surface area (Å²) in [5.74, 6) is -1.51. The van der Waals surface area contributed by atoms with Crippen LogP contribution in [-0.4, -0.2) is 52.3 Å². The van der Waals surface area contributed by atoms with Crippen molar-refractivity contribution in [1.82, 2.24) is 14.7 Å². The molecule has 7 heteroatoms. The third-order valence-electron chi connectivity index (χ3n) is 4.01. The Morgan fingerprint density at radius 1 is 1.27 bits per heavy atom. The molecule has 0 aromatic carbocycles. The van der Waals surface area contributed by atoms with Gasteiger partial charge in [-0.2, -0.15) is 0 Å². The number of amides is 4. The highest BCUT2D eigenvalue weighted by Gasteiger charge is 2.45. The molecule has 22 heavy (non-hydrogen) atoms. The van der Waals surface area contributed by atoms with Crippen molar-refractivity contribution in [3.8, 4) is 0 Å². The van der Waals surface area contributed by atoms with Crippen LogP contribution in [-0.2, 0) is 9.59 Å². The monoisotopic (exact) mass is 319 g/mol. The summed E-state index contributed by atoms with van der Waals surface area (Å²) in [6, 6.07) is 3.73. The average Bonchev–Trinajstić information content (AvgIpc) is 3.21. The third kappa shape index (κ3) is 2.46. The van der Waals surface area contributed by atoms with Gasteiger partial charge in [0, 0.05) is 24.0 Å². The minimum Gasteiger partial charge on any atom is -0.278 e. The quantitative estimate of drug-likeness (QED) is 0.472. The molecule has 0 N–H and O–H groups in total. The minimum absolute atomic E-state index is 0.0637. The zero-order valence-electron chi connectivity index (χ0n) is 12.1. The largest absolute Gasteiger partial charge is 0.335 e. The summed E-state index contributed by atoms with van der Waals surface area (Å²) in [7, 11) is 0. The van der Waals surface area contributed by atoms with Gasteiger partial charge in [0.15, 0.2) is 0 Å². The topological polar surface area (TPSA) is 60.9 Å². The Morgan fingerprint density at radius 3 is 2.73 bits per heavy atom. The van der Waals surface area contributed by atoms with Crippen LogP contribution in [0.3, 0.4) is 0 Å². The first-order valence-corrected chi connectivity index (χ1v) is 8.07. The number of carbonyl (C=O) groups excluding carboxylic acids is 3. The highest BCUT2D eigenvalue weighted by atomic mass is 32.1. The smallest absolute Gasteiger partial charge is 0.278 e. The average molecular weight is 319 g/mol. The van der Waals surface area contributed by atoms with Crippen molar-refractivity contribution >= 4 is 29.2 Å². The lowest BCUT2D eigenvalue weighted by Gasteiger charge is -2.27. The zero-order chi connectivity index (χ0) is 15.7. The molecule has 0 spiro atoms. The Hall–Kier alpha value is -1.99. The molecule has 2 aliphatic rings. The van der Waals surface area contributed by atoms with Crippen molar-refractivity contribution in [2.24, 2.45) is 0 Å². The fourth-order valence-electron chi connectivity index (χ4n) is 2.95. The number of imide groups is 2. The van der Waals surface area contributed by atoms with E-state index in [0.29, 0.717) is 0 Å². The molecule has 6 nitrogen and oxygen atoms in total. The number of likely N-dealkylation sites (tertiary alicyclic amines) is 1. The van der Waals surface area contributed by atoms with E-state index in [1.807, 2.05) is 11.4 Å². The molecule has 1 atom stereocenters. The van der Waals surface area contributed by atoms with Crippen LogP contribution >= 0.6 is 11.3 Å². The molecule has 1 aromatic rings. The van der Waals surface area contributed by atoms with Gasteiger partial charge in [-0.3, -0.25) is 19.4 Å². The van der Waals surface area contributed by atoms with Crippen LogP contribution in [0.4, 0.5) is 4.79 Å². The lowest BCUT2D eigenvalue weighted by atomic mass is 10.2. The fourth-order valence-corrected chi connectivity index (χ4v) is 3.84. The van der Waals surface area contributed by atoms with E-state index in [4.69, 9.17) is 0 Å². The summed E-state index contributed by atoms with van der Waals surface area (Å²) in [6.07, 6.45) is 3.46. The maximum atomic E-state index is 12.2. The van der Waals surface area contributed by atoms with Crippen LogP contribution in [0.15, 0.2) is 30.2 Å². The first-order chi connectivity index (χ1) is 10.6. The van der Waals surface area contributed by atoms with E-state index in [0.717, 1.165) is 29.2 Å². The van der Waals surface area contributed by atoms with Gasteiger partial charge in [0.05, 0.1) is 6.67 Å². The van der Waals surface area contributed by atoms with Crippen molar-refractivity contribution in [3.63, 3.8) is 0 Å². The molecule has 116 valence electrons. The van der Waals surface area contributed by atoms with E-state index < -0.39 is 17.8 Å². The molecule has 2 aliphatic heterocycles. The summed E-state index contributed by atoms with van der Waals surface area (Å²) in [6.45, 7) is 4.55. The van der Waals surface area contributed by atoms with Crippen LogP contribution < -0.4 is 0 Å². The summed E-state index contributed by atoms with van der Waals surface area (Å²) >= 11 is 1.67. The van der Waals surface area contributed by atoms with Crippen LogP contribution in [0.1, 0.15) is 23.8 Å². The maximum absolute atomic E-state index is 12.2. The van der Waals surface area contributed by atoms with Crippen molar-refractivity contribution in [2.45, 2.75) is 18.9 Å². The SMILES string of the molecule is C=CCN1C(=O)C(=O)N(CN2CCC[C@H]2c2cccs2)C1=O. The number of hydrogen-bond acceptors (Lipinski definition) is 5. The Labute approximate surface area is 132 Å².